The van der Waals surface area contributed by atoms with Crippen molar-refractivity contribution in [3.63, 3.8) is 0 Å². The summed E-state index contributed by atoms with van der Waals surface area (Å²) in [5.41, 5.74) is 1.45. The molecule has 1 aromatic carbocycles. The molecule has 0 aliphatic carbocycles. The minimum atomic E-state index is 0. The van der Waals surface area contributed by atoms with E-state index in [-0.39, 0.29) is 30.1 Å². The molecule has 2 N–H and O–H groups in total. The fourth-order valence-electron chi connectivity index (χ4n) is 3.36. The van der Waals surface area contributed by atoms with Crippen LogP contribution in [-0.4, -0.2) is 38.6 Å². The SMILES string of the molecule is COc1ccc(NC(=O)C2CCCNC2)cc1N1CCCCC1=O.Cl. The van der Waals surface area contributed by atoms with Crippen molar-refractivity contribution >= 4 is 35.6 Å². The van der Waals surface area contributed by atoms with E-state index in [1.165, 1.54) is 0 Å². The summed E-state index contributed by atoms with van der Waals surface area (Å²) in [5, 5.41) is 6.24. The number of amides is 2. The van der Waals surface area contributed by atoms with Crippen LogP contribution >= 0.6 is 12.4 Å². The second-order valence-corrected chi connectivity index (χ2v) is 6.42. The summed E-state index contributed by atoms with van der Waals surface area (Å²) >= 11 is 0. The minimum Gasteiger partial charge on any atom is -0.495 e. The van der Waals surface area contributed by atoms with E-state index in [2.05, 4.69) is 10.6 Å². The van der Waals surface area contributed by atoms with Crippen LogP contribution < -0.4 is 20.3 Å². The number of nitrogens with zero attached hydrogens (tertiary/aromatic N) is 1. The van der Waals surface area contributed by atoms with E-state index >= 15 is 0 Å². The van der Waals surface area contributed by atoms with Crippen LogP contribution in [0, 0.1) is 5.92 Å². The summed E-state index contributed by atoms with van der Waals surface area (Å²) in [4.78, 5) is 26.4. The molecule has 2 amide bonds. The van der Waals surface area contributed by atoms with Gasteiger partial charge < -0.3 is 20.3 Å². The lowest BCUT2D eigenvalue weighted by molar-refractivity contribution is -0.120. The zero-order valence-electron chi connectivity index (χ0n) is 14.5. The van der Waals surface area contributed by atoms with E-state index < -0.39 is 0 Å². The molecule has 1 unspecified atom stereocenters. The maximum absolute atomic E-state index is 12.4. The molecule has 25 heavy (non-hydrogen) atoms. The van der Waals surface area contributed by atoms with Crippen molar-refractivity contribution in [1.29, 1.82) is 0 Å². The van der Waals surface area contributed by atoms with E-state index in [4.69, 9.17) is 4.74 Å². The Morgan fingerprint density at radius 1 is 1.32 bits per heavy atom. The third kappa shape index (κ3) is 4.64. The first kappa shape index (κ1) is 19.5. The average molecular weight is 368 g/mol. The van der Waals surface area contributed by atoms with Crippen LogP contribution in [0.3, 0.4) is 0 Å². The van der Waals surface area contributed by atoms with Gasteiger partial charge in [0.2, 0.25) is 11.8 Å². The molecule has 0 saturated carbocycles. The molecule has 3 rings (SSSR count). The van der Waals surface area contributed by atoms with Gasteiger partial charge in [0.15, 0.2) is 0 Å². The van der Waals surface area contributed by atoms with Gasteiger partial charge in [0.25, 0.3) is 0 Å². The lowest BCUT2D eigenvalue weighted by Crippen LogP contribution is -2.37. The van der Waals surface area contributed by atoms with Crippen molar-refractivity contribution < 1.29 is 14.3 Å². The van der Waals surface area contributed by atoms with Gasteiger partial charge in [0.05, 0.1) is 18.7 Å². The van der Waals surface area contributed by atoms with Crippen molar-refractivity contribution in [2.24, 2.45) is 5.92 Å². The monoisotopic (exact) mass is 367 g/mol. The highest BCUT2D eigenvalue weighted by Gasteiger charge is 2.24. The van der Waals surface area contributed by atoms with Crippen molar-refractivity contribution in [2.45, 2.75) is 32.1 Å². The third-order valence-corrected chi connectivity index (χ3v) is 4.73. The van der Waals surface area contributed by atoms with Crippen LogP contribution in [0.1, 0.15) is 32.1 Å². The van der Waals surface area contributed by atoms with E-state index in [1.807, 2.05) is 18.2 Å². The van der Waals surface area contributed by atoms with Gasteiger partial charge in [0, 0.05) is 25.2 Å². The zero-order chi connectivity index (χ0) is 16.9. The Bertz CT molecular complexity index is 618. The topological polar surface area (TPSA) is 70.7 Å². The number of nitrogens with one attached hydrogen (secondary N) is 2. The molecule has 138 valence electrons. The zero-order valence-corrected chi connectivity index (χ0v) is 15.4. The fraction of sp³-hybridized carbons (Fsp3) is 0.556. The summed E-state index contributed by atoms with van der Waals surface area (Å²) < 4.78 is 5.41. The molecule has 2 aliphatic heterocycles. The summed E-state index contributed by atoms with van der Waals surface area (Å²) in [5.74, 6) is 0.797. The number of hydrogen-bond acceptors (Lipinski definition) is 4. The van der Waals surface area contributed by atoms with Crippen LogP contribution in [0.15, 0.2) is 18.2 Å². The predicted octanol–water partition coefficient (Wildman–Crippen LogP) is 2.57. The van der Waals surface area contributed by atoms with Crippen molar-refractivity contribution in [2.75, 3.05) is 37.0 Å². The first-order valence-electron chi connectivity index (χ1n) is 8.69. The maximum atomic E-state index is 12.4. The Hall–Kier alpha value is -1.79. The van der Waals surface area contributed by atoms with E-state index in [1.54, 1.807) is 12.0 Å². The molecule has 0 aromatic heterocycles. The van der Waals surface area contributed by atoms with Gasteiger partial charge in [-0.3, -0.25) is 9.59 Å². The largest absolute Gasteiger partial charge is 0.495 e. The highest BCUT2D eigenvalue weighted by Crippen LogP contribution is 2.33. The smallest absolute Gasteiger partial charge is 0.228 e. The Morgan fingerprint density at radius 3 is 2.84 bits per heavy atom. The molecule has 2 aliphatic rings. The Morgan fingerprint density at radius 2 is 2.16 bits per heavy atom. The van der Waals surface area contributed by atoms with Crippen LogP contribution in [0.5, 0.6) is 5.75 Å². The summed E-state index contributed by atoms with van der Waals surface area (Å²) in [6.07, 6.45) is 4.41. The quantitative estimate of drug-likeness (QED) is 0.858. The summed E-state index contributed by atoms with van der Waals surface area (Å²) in [7, 11) is 1.60. The Kier molecular flexibility index (Phi) is 7.08. The number of piperidine rings is 2. The standard InChI is InChI=1S/C18H25N3O3.ClH/c1-24-16-8-7-14(20-18(23)13-5-4-9-19-12-13)11-15(16)21-10-3-2-6-17(21)22;/h7-8,11,13,19H,2-6,9-10,12H2,1H3,(H,20,23);1H. The molecule has 1 aromatic rings. The molecule has 7 heteroatoms. The maximum Gasteiger partial charge on any atom is 0.228 e. The Balaban J connectivity index is 0.00000225. The number of anilines is 2. The van der Waals surface area contributed by atoms with E-state index in [0.717, 1.165) is 44.5 Å². The molecule has 2 saturated heterocycles. The first-order chi connectivity index (χ1) is 11.7. The molecular formula is C18H26ClN3O3. The number of ether oxygens (including phenoxy) is 1. The van der Waals surface area contributed by atoms with E-state index in [9.17, 15) is 9.59 Å². The third-order valence-electron chi connectivity index (χ3n) is 4.73. The first-order valence-corrected chi connectivity index (χ1v) is 8.69. The molecule has 0 radical (unpaired) electrons. The van der Waals surface area contributed by atoms with Gasteiger partial charge in [0.1, 0.15) is 5.75 Å². The molecule has 1 atom stereocenters. The van der Waals surface area contributed by atoms with E-state index in [0.29, 0.717) is 24.4 Å². The number of hydrogen-bond donors (Lipinski definition) is 2. The van der Waals surface area contributed by atoms with Gasteiger partial charge in [-0.25, -0.2) is 0 Å². The van der Waals surface area contributed by atoms with Gasteiger partial charge in [-0.05, 0) is 50.4 Å². The highest BCUT2D eigenvalue weighted by molar-refractivity contribution is 5.98. The van der Waals surface area contributed by atoms with Gasteiger partial charge >= 0.3 is 0 Å². The molecule has 2 fully saturated rings. The van der Waals surface area contributed by atoms with Crippen LogP contribution in [0.25, 0.3) is 0 Å². The number of carbonyl (C=O) groups excluding carboxylic acids is 2. The lowest BCUT2D eigenvalue weighted by atomic mass is 9.99. The summed E-state index contributed by atoms with van der Waals surface area (Å²) in [6, 6.07) is 5.48. The number of benzene rings is 1. The highest BCUT2D eigenvalue weighted by atomic mass is 35.5. The molecule has 2 heterocycles. The van der Waals surface area contributed by atoms with Crippen molar-refractivity contribution in [3.05, 3.63) is 18.2 Å². The lowest BCUT2D eigenvalue weighted by Gasteiger charge is -2.28. The normalized spacial score (nSPS) is 20.6. The second kappa shape index (κ2) is 9.06. The Labute approximate surface area is 154 Å². The van der Waals surface area contributed by atoms with Gasteiger partial charge in [-0.1, -0.05) is 0 Å². The molecule has 0 bridgehead atoms. The average Bonchev–Trinajstić information content (AvgIpc) is 2.63. The summed E-state index contributed by atoms with van der Waals surface area (Å²) in [6.45, 7) is 2.39. The molecule has 6 nitrogen and oxygen atoms in total. The number of rotatable bonds is 4. The molecular weight excluding hydrogens is 342 g/mol. The van der Waals surface area contributed by atoms with Crippen LogP contribution in [-0.2, 0) is 9.59 Å². The van der Waals surface area contributed by atoms with Gasteiger partial charge in [-0.2, -0.15) is 0 Å². The number of halogens is 1. The van der Waals surface area contributed by atoms with Crippen LogP contribution in [0.4, 0.5) is 11.4 Å². The second-order valence-electron chi connectivity index (χ2n) is 6.42. The van der Waals surface area contributed by atoms with Crippen molar-refractivity contribution in [1.82, 2.24) is 5.32 Å². The number of carbonyl (C=O) groups is 2. The number of methoxy groups -OCH3 is 1. The van der Waals surface area contributed by atoms with Gasteiger partial charge in [-0.15, -0.1) is 12.4 Å². The minimum absolute atomic E-state index is 0. The van der Waals surface area contributed by atoms with Crippen LogP contribution in [0.2, 0.25) is 0 Å². The fourth-order valence-corrected chi connectivity index (χ4v) is 3.36. The molecule has 0 spiro atoms. The predicted molar refractivity (Wildman–Crippen MR) is 101 cm³/mol. The van der Waals surface area contributed by atoms with Crippen molar-refractivity contribution in [3.8, 4) is 5.75 Å².